The summed E-state index contributed by atoms with van der Waals surface area (Å²) in [4.78, 5) is 32.1. The van der Waals surface area contributed by atoms with E-state index in [1.54, 1.807) is 0 Å². The zero-order valence-corrected chi connectivity index (χ0v) is 38.6. The molecule has 0 fully saturated rings. The third kappa shape index (κ3) is 6.36. The van der Waals surface area contributed by atoms with Crippen molar-refractivity contribution in [1.82, 2.24) is 19.9 Å². The van der Waals surface area contributed by atoms with Crippen LogP contribution in [0.1, 0.15) is 35.1 Å². The Morgan fingerprint density at radius 1 is 0.420 bits per heavy atom. The van der Waals surface area contributed by atoms with E-state index in [2.05, 4.69) is 217 Å². The lowest BCUT2D eigenvalue weighted by molar-refractivity contribution is 0.301. The maximum Gasteiger partial charge on any atom is 0.179 e. The highest BCUT2D eigenvalue weighted by Gasteiger charge is 2.58. The summed E-state index contributed by atoms with van der Waals surface area (Å²) in [7, 11) is 0. The molecule has 0 N–H and O–H groups in total. The molecule has 0 aliphatic carbocycles. The number of nitrogens with zero attached hydrogens (tertiary/aromatic N) is 8. The van der Waals surface area contributed by atoms with Crippen LogP contribution in [-0.2, 0) is 0 Å². The average molecular weight is 893 g/mol. The molecule has 2 aromatic heterocycles. The molecule has 3 aliphatic heterocycles. The zero-order valence-electron chi connectivity index (χ0n) is 38.6. The molecule has 8 aromatic carbocycles. The van der Waals surface area contributed by atoms with E-state index in [0.717, 1.165) is 84.8 Å². The summed E-state index contributed by atoms with van der Waals surface area (Å²) in [5, 5.41) is 0. The molecule has 0 spiro atoms. The molecule has 8 heteroatoms. The predicted molar refractivity (Wildman–Crippen MR) is 283 cm³/mol. The topological polar surface area (TPSA) is 64.5 Å². The second kappa shape index (κ2) is 16.0. The molecule has 13 rings (SSSR count). The van der Waals surface area contributed by atoms with Crippen molar-refractivity contribution in [2.75, 3.05) is 19.6 Å². The summed E-state index contributed by atoms with van der Waals surface area (Å²) < 4.78 is 0. The number of para-hydroxylation sites is 6. The molecule has 4 unspecified atom stereocenters. The van der Waals surface area contributed by atoms with Crippen molar-refractivity contribution >= 4 is 74.2 Å². The molecule has 8 nitrogen and oxygen atoms in total. The summed E-state index contributed by atoms with van der Waals surface area (Å²) in [5.74, 6) is 3.06. The van der Waals surface area contributed by atoms with Crippen molar-refractivity contribution in [2.45, 2.75) is 39.0 Å². The first-order chi connectivity index (χ1) is 33.9. The number of hydrogen-bond donors (Lipinski definition) is 0. The van der Waals surface area contributed by atoms with E-state index < -0.39 is 6.17 Å². The van der Waals surface area contributed by atoms with Crippen LogP contribution in [0.3, 0.4) is 0 Å². The van der Waals surface area contributed by atoms with E-state index in [9.17, 15) is 0 Å². The lowest BCUT2D eigenvalue weighted by Gasteiger charge is -2.51. The molecule has 0 saturated carbocycles. The van der Waals surface area contributed by atoms with Crippen LogP contribution < -0.4 is 19.6 Å². The number of rotatable bonds is 7. The predicted octanol–water partition coefficient (Wildman–Crippen LogP) is 14.8. The van der Waals surface area contributed by atoms with Gasteiger partial charge in [0.1, 0.15) is 12.3 Å². The zero-order chi connectivity index (χ0) is 46.3. The number of fused-ring (bicyclic) bond motifs is 8. The Balaban J connectivity index is 1.11. The Morgan fingerprint density at radius 3 is 1.41 bits per heavy atom. The molecular weight excluding hydrogens is 845 g/mol. The summed E-state index contributed by atoms with van der Waals surface area (Å²) >= 11 is 0. The standard InChI is InChI=1S/C61H48N8/c1-5-41-37-43(47-24-12-10-20-39(47)3)33-36-53(41)68-58-56(62-49-26-14-16-28-51(49)64-58)67(45-34-31-42(32-35-45)46-23-11-9-19-38(46)2)60(68)55-40(4)48-25-13-18-30-54(48)69-59-57(63-50-27-15-17-29-52(50)65-59)66(61(55)69)44-21-7-6-8-22-44/h5-37,40,55,60-61H,1H2,2-4H3. The van der Waals surface area contributed by atoms with Gasteiger partial charge < -0.3 is 19.6 Å². The fourth-order valence-electron chi connectivity index (χ4n) is 11.4. The van der Waals surface area contributed by atoms with Crippen LogP contribution in [0.25, 0.3) is 50.4 Å². The lowest BCUT2D eigenvalue weighted by atomic mass is 9.77. The molecule has 0 amide bonds. The van der Waals surface area contributed by atoms with Crippen LogP contribution in [0, 0.1) is 19.8 Å². The van der Waals surface area contributed by atoms with Crippen LogP contribution >= 0.6 is 0 Å². The molecule has 5 heterocycles. The van der Waals surface area contributed by atoms with Crippen LogP contribution in [0.4, 0.5) is 46.0 Å². The molecule has 10 aromatic rings. The normalized spacial score (nSPS) is 18.0. The largest absolute Gasteiger partial charge is 0.301 e. The van der Waals surface area contributed by atoms with E-state index in [1.807, 2.05) is 30.3 Å². The van der Waals surface area contributed by atoms with Gasteiger partial charge in [-0.25, -0.2) is 19.9 Å². The van der Waals surface area contributed by atoms with Crippen molar-refractivity contribution in [1.29, 1.82) is 0 Å². The van der Waals surface area contributed by atoms with E-state index in [-0.39, 0.29) is 18.0 Å². The number of aromatic nitrogens is 4. The fraction of sp³-hybridized carbons (Fsp3) is 0.115. The first-order valence-corrected chi connectivity index (χ1v) is 23.8. The maximum absolute atomic E-state index is 5.63. The van der Waals surface area contributed by atoms with Gasteiger partial charge in [0, 0.05) is 23.0 Å². The van der Waals surface area contributed by atoms with Crippen LogP contribution in [0.5, 0.6) is 0 Å². The van der Waals surface area contributed by atoms with Gasteiger partial charge in [0.2, 0.25) is 0 Å². The first kappa shape index (κ1) is 40.6. The van der Waals surface area contributed by atoms with Crippen molar-refractivity contribution < 1.29 is 0 Å². The van der Waals surface area contributed by atoms with Gasteiger partial charge >= 0.3 is 0 Å². The van der Waals surface area contributed by atoms with Crippen LogP contribution in [0.2, 0.25) is 0 Å². The Kier molecular flexibility index (Phi) is 9.44. The molecule has 0 bridgehead atoms. The van der Waals surface area contributed by atoms with E-state index in [4.69, 9.17) is 19.9 Å². The number of aryl methyl sites for hydroxylation is 2. The van der Waals surface area contributed by atoms with Crippen molar-refractivity contribution in [3.63, 3.8) is 0 Å². The highest BCUT2D eigenvalue weighted by Crippen LogP contribution is 2.60. The summed E-state index contributed by atoms with van der Waals surface area (Å²) in [6.07, 6.45) is 1.30. The molecule has 3 aliphatic rings. The van der Waals surface area contributed by atoms with E-state index in [1.165, 1.54) is 27.8 Å². The second-order valence-corrected chi connectivity index (χ2v) is 18.4. The van der Waals surface area contributed by atoms with Crippen molar-refractivity contribution in [3.05, 3.63) is 223 Å². The molecule has 0 radical (unpaired) electrons. The average Bonchev–Trinajstić information content (AvgIpc) is 3.89. The van der Waals surface area contributed by atoms with Crippen molar-refractivity contribution in [3.8, 4) is 22.3 Å². The van der Waals surface area contributed by atoms with Gasteiger partial charge in [-0.1, -0.05) is 147 Å². The summed E-state index contributed by atoms with van der Waals surface area (Å²) in [6.45, 7) is 11.2. The molecule has 332 valence electrons. The quantitative estimate of drug-likeness (QED) is 0.157. The second-order valence-electron chi connectivity index (χ2n) is 18.4. The van der Waals surface area contributed by atoms with Gasteiger partial charge in [0.15, 0.2) is 23.3 Å². The Hall–Kier alpha value is -8.62. The summed E-state index contributed by atoms with van der Waals surface area (Å²) in [5.41, 5.74) is 16.9. The minimum atomic E-state index is -0.394. The van der Waals surface area contributed by atoms with Gasteiger partial charge in [-0.05, 0) is 131 Å². The Labute approximate surface area is 402 Å². The number of benzene rings is 8. The van der Waals surface area contributed by atoms with Gasteiger partial charge in [-0.2, -0.15) is 0 Å². The highest BCUT2D eigenvalue weighted by atomic mass is 15.5. The van der Waals surface area contributed by atoms with Gasteiger partial charge in [-0.15, -0.1) is 0 Å². The van der Waals surface area contributed by atoms with Crippen molar-refractivity contribution in [2.24, 2.45) is 5.92 Å². The SMILES string of the molecule is C=Cc1cc(-c2ccccc2C)ccc1N1c2nc3ccccc3nc2N(c2ccc(-c3ccccc3C)cc2)C1C1C(C)c2ccccc2N2c3nc4ccccc4nc3N(c3ccccc3)C12. The highest BCUT2D eigenvalue weighted by molar-refractivity contribution is 5.95. The third-order valence-corrected chi connectivity index (χ3v) is 14.6. The maximum atomic E-state index is 5.63. The van der Waals surface area contributed by atoms with Crippen LogP contribution in [-0.4, -0.2) is 32.3 Å². The molecule has 0 saturated heterocycles. The van der Waals surface area contributed by atoms with Crippen LogP contribution in [0.15, 0.2) is 201 Å². The van der Waals surface area contributed by atoms with E-state index in [0.29, 0.717) is 0 Å². The monoisotopic (exact) mass is 892 g/mol. The van der Waals surface area contributed by atoms with Gasteiger partial charge in [0.05, 0.1) is 27.8 Å². The Morgan fingerprint density at radius 2 is 0.855 bits per heavy atom. The number of anilines is 8. The smallest absolute Gasteiger partial charge is 0.179 e. The minimum Gasteiger partial charge on any atom is -0.301 e. The number of hydrogen-bond acceptors (Lipinski definition) is 8. The van der Waals surface area contributed by atoms with E-state index >= 15 is 0 Å². The molecule has 4 atom stereocenters. The fourth-order valence-corrected chi connectivity index (χ4v) is 11.4. The molecule has 69 heavy (non-hydrogen) atoms. The lowest BCUT2D eigenvalue weighted by Crippen LogP contribution is -2.59. The Bertz CT molecular complexity index is 3650. The van der Waals surface area contributed by atoms with Gasteiger partial charge in [-0.3, -0.25) is 0 Å². The molecular formula is C61H48N8. The first-order valence-electron chi connectivity index (χ1n) is 23.8. The minimum absolute atomic E-state index is 0.000725. The third-order valence-electron chi connectivity index (χ3n) is 14.6. The van der Waals surface area contributed by atoms with Gasteiger partial charge in [0.25, 0.3) is 0 Å². The summed E-state index contributed by atoms with van der Waals surface area (Å²) in [6, 6.07) is 69.0.